The molecule has 1 N–H and O–H groups in total. The summed E-state index contributed by atoms with van der Waals surface area (Å²) in [6.07, 6.45) is 7.93. The van der Waals surface area contributed by atoms with Gasteiger partial charge in [0.2, 0.25) is 5.91 Å². The molecule has 3 aliphatic rings. The van der Waals surface area contributed by atoms with Crippen molar-refractivity contribution in [1.82, 2.24) is 15.2 Å². The van der Waals surface area contributed by atoms with Crippen molar-refractivity contribution >= 4 is 21.8 Å². The van der Waals surface area contributed by atoms with Crippen molar-refractivity contribution in [2.45, 2.75) is 71.0 Å². The van der Waals surface area contributed by atoms with E-state index in [1.807, 2.05) is 6.20 Å². The number of fused-ring (bicyclic) bond motifs is 1. The Morgan fingerprint density at radius 2 is 2.11 bits per heavy atom. The summed E-state index contributed by atoms with van der Waals surface area (Å²) in [6, 6.07) is 3.11. The zero-order valence-electron chi connectivity index (χ0n) is 17.0. The van der Waals surface area contributed by atoms with Crippen LogP contribution >= 0.6 is 15.9 Å². The SMILES string of the molecule is CC(C)[C@]1(C(=O)N2CCc3ncc(Br)cc3C2)CCC(NC2CCOCC2)C1. The van der Waals surface area contributed by atoms with Crippen LogP contribution in [0.4, 0.5) is 0 Å². The standard InChI is InChI=1S/C22H32BrN3O2/c1-15(2)22(7-3-19(12-22)25-18-5-9-28-10-6-18)21(27)26-8-4-20-16(14-26)11-17(23)13-24-20/h11,13,15,18-19,25H,3-10,12,14H2,1-2H3/t19?,22-/m0/s1. The monoisotopic (exact) mass is 449 g/mol. The molecule has 2 aliphatic heterocycles. The van der Waals surface area contributed by atoms with E-state index < -0.39 is 0 Å². The first-order valence-corrected chi connectivity index (χ1v) is 11.5. The Bertz CT molecular complexity index is 720. The van der Waals surface area contributed by atoms with Crippen LogP contribution < -0.4 is 5.32 Å². The molecule has 3 heterocycles. The van der Waals surface area contributed by atoms with Gasteiger partial charge in [-0.3, -0.25) is 9.78 Å². The van der Waals surface area contributed by atoms with Crippen LogP contribution in [0.2, 0.25) is 0 Å². The number of nitrogens with one attached hydrogen (secondary N) is 1. The number of carbonyl (C=O) groups excluding carboxylic acids is 1. The molecule has 154 valence electrons. The Morgan fingerprint density at radius 3 is 2.86 bits per heavy atom. The highest BCUT2D eigenvalue weighted by molar-refractivity contribution is 9.10. The van der Waals surface area contributed by atoms with Gasteiger partial charge in [-0.15, -0.1) is 0 Å². The van der Waals surface area contributed by atoms with Crippen molar-refractivity contribution in [1.29, 1.82) is 0 Å². The Labute approximate surface area is 176 Å². The second-order valence-corrected chi connectivity index (χ2v) is 9.96. The highest BCUT2D eigenvalue weighted by Crippen LogP contribution is 2.46. The van der Waals surface area contributed by atoms with Crippen LogP contribution in [0.5, 0.6) is 0 Å². The Kier molecular flexibility index (Phi) is 6.09. The van der Waals surface area contributed by atoms with Crippen molar-refractivity contribution in [3.63, 3.8) is 0 Å². The average Bonchev–Trinajstić information content (AvgIpc) is 3.13. The highest BCUT2D eigenvalue weighted by atomic mass is 79.9. The van der Waals surface area contributed by atoms with Crippen molar-refractivity contribution < 1.29 is 9.53 Å². The molecule has 0 spiro atoms. The van der Waals surface area contributed by atoms with Gasteiger partial charge in [-0.25, -0.2) is 0 Å². The van der Waals surface area contributed by atoms with Gasteiger partial charge in [0.25, 0.3) is 0 Å². The van der Waals surface area contributed by atoms with Crippen molar-refractivity contribution in [3.05, 3.63) is 28.0 Å². The fourth-order valence-corrected chi connectivity index (χ4v) is 5.65. The number of amides is 1. The first-order valence-electron chi connectivity index (χ1n) is 10.7. The molecule has 1 aromatic heterocycles. The molecule has 1 aromatic rings. The van der Waals surface area contributed by atoms with Gasteiger partial charge in [-0.1, -0.05) is 13.8 Å². The summed E-state index contributed by atoms with van der Waals surface area (Å²) in [5.74, 6) is 0.702. The molecule has 0 radical (unpaired) electrons. The molecule has 5 nitrogen and oxygen atoms in total. The number of carbonyl (C=O) groups is 1. The van der Waals surface area contributed by atoms with Gasteiger partial charge in [0.1, 0.15) is 0 Å². The normalized spacial score (nSPS) is 28.6. The van der Waals surface area contributed by atoms with E-state index in [-0.39, 0.29) is 5.41 Å². The maximum absolute atomic E-state index is 13.7. The molecule has 2 fully saturated rings. The summed E-state index contributed by atoms with van der Waals surface area (Å²) < 4.78 is 6.48. The lowest BCUT2D eigenvalue weighted by Crippen LogP contribution is -2.49. The van der Waals surface area contributed by atoms with E-state index in [4.69, 9.17) is 4.74 Å². The van der Waals surface area contributed by atoms with Crippen LogP contribution in [0.25, 0.3) is 0 Å². The number of hydrogen-bond donors (Lipinski definition) is 1. The first-order chi connectivity index (χ1) is 13.5. The van der Waals surface area contributed by atoms with Crippen molar-refractivity contribution in [3.8, 4) is 0 Å². The van der Waals surface area contributed by atoms with Gasteiger partial charge in [0.15, 0.2) is 0 Å². The fourth-order valence-electron chi connectivity index (χ4n) is 5.27. The lowest BCUT2D eigenvalue weighted by Gasteiger charge is -2.39. The molecule has 0 bridgehead atoms. The van der Waals surface area contributed by atoms with Gasteiger partial charge >= 0.3 is 0 Å². The van der Waals surface area contributed by atoms with E-state index in [0.29, 0.717) is 30.5 Å². The number of halogens is 1. The Morgan fingerprint density at radius 1 is 1.32 bits per heavy atom. The predicted molar refractivity (Wildman–Crippen MR) is 113 cm³/mol. The van der Waals surface area contributed by atoms with E-state index in [0.717, 1.165) is 68.5 Å². The number of hydrogen-bond acceptors (Lipinski definition) is 4. The van der Waals surface area contributed by atoms with E-state index in [1.165, 1.54) is 5.56 Å². The van der Waals surface area contributed by atoms with Gasteiger partial charge in [-0.05, 0) is 65.6 Å². The highest BCUT2D eigenvalue weighted by Gasteiger charge is 2.49. The van der Waals surface area contributed by atoms with Crippen LogP contribution in [-0.4, -0.2) is 47.6 Å². The molecule has 4 rings (SSSR count). The maximum atomic E-state index is 13.7. The molecule has 1 aliphatic carbocycles. The van der Waals surface area contributed by atoms with E-state index in [1.54, 1.807) is 0 Å². The third kappa shape index (κ3) is 4.01. The van der Waals surface area contributed by atoms with Crippen molar-refractivity contribution in [2.24, 2.45) is 11.3 Å². The van der Waals surface area contributed by atoms with Crippen molar-refractivity contribution in [2.75, 3.05) is 19.8 Å². The molecule has 1 amide bonds. The zero-order chi connectivity index (χ0) is 19.7. The van der Waals surface area contributed by atoms with Gasteiger partial charge < -0.3 is 15.0 Å². The quantitative estimate of drug-likeness (QED) is 0.761. The molecular formula is C22H32BrN3O2. The van der Waals surface area contributed by atoms with E-state index in [9.17, 15) is 4.79 Å². The Balaban J connectivity index is 1.46. The topological polar surface area (TPSA) is 54.5 Å². The van der Waals surface area contributed by atoms with Gasteiger partial charge in [0.05, 0.1) is 5.41 Å². The van der Waals surface area contributed by atoms with Gasteiger partial charge in [-0.2, -0.15) is 0 Å². The summed E-state index contributed by atoms with van der Waals surface area (Å²) in [5.41, 5.74) is 2.08. The number of aromatic nitrogens is 1. The third-order valence-electron chi connectivity index (χ3n) is 7.07. The number of nitrogens with zero attached hydrogens (tertiary/aromatic N) is 2. The van der Waals surface area contributed by atoms with Crippen LogP contribution in [-0.2, 0) is 22.5 Å². The molecule has 0 aromatic carbocycles. The maximum Gasteiger partial charge on any atom is 0.229 e. The molecule has 28 heavy (non-hydrogen) atoms. The lowest BCUT2D eigenvalue weighted by molar-refractivity contribution is -0.146. The minimum absolute atomic E-state index is 0.236. The molecular weight excluding hydrogens is 418 g/mol. The van der Waals surface area contributed by atoms with Crippen LogP contribution in [0, 0.1) is 11.3 Å². The van der Waals surface area contributed by atoms with Crippen LogP contribution in [0.15, 0.2) is 16.7 Å². The minimum atomic E-state index is -0.236. The summed E-state index contributed by atoms with van der Waals surface area (Å²) >= 11 is 3.52. The number of ether oxygens (including phenoxy) is 1. The van der Waals surface area contributed by atoms with Gasteiger partial charge in [0, 0.05) is 61.2 Å². The van der Waals surface area contributed by atoms with E-state index in [2.05, 4.69) is 51.0 Å². The first kappa shape index (κ1) is 20.3. The molecule has 1 saturated heterocycles. The summed E-state index contributed by atoms with van der Waals surface area (Å²) in [4.78, 5) is 20.4. The lowest BCUT2D eigenvalue weighted by atomic mass is 9.74. The minimum Gasteiger partial charge on any atom is -0.381 e. The second kappa shape index (κ2) is 8.41. The predicted octanol–water partition coefficient (Wildman–Crippen LogP) is 3.69. The summed E-state index contributed by atoms with van der Waals surface area (Å²) in [5, 5.41) is 3.84. The van der Waals surface area contributed by atoms with Crippen LogP contribution in [0.3, 0.4) is 0 Å². The third-order valence-corrected chi connectivity index (χ3v) is 7.50. The molecule has 1 saturated carbocycles. The molecule has 6 heteroatoms. The summed E-state index contributed by atoms with van der Waals surface area (Å²) in [7, 11) is 0. The fraction of sp³-hybridized carbons (Fsp3) is 0.727. The molecule has 1 unspecified atom stereocenters. The second-order valence-electron chi connectivity index (χ2n) is 9.04. The summed E-state index contributed by atoms with van der Waals surface area (Å²) in [6.45, 7) is 7.64. The Hall–Kier alpha value is -0.980. The average molecular weight is 450 g/mol. The number of rotatable bonds is 4. The zero-order valence-corrected chi connectivity index (χ0v) is 18.6. The smallest absolute Gasteiger partial charge is 0.229 e. The largest absolute Gasteiger partial charge is 0.381 e. The van der Waals surface area contributed by atoms with Crippen LogP contribution in [0.1, 0.15) is 57.2 Å². The van der Waals surface area contributed by atoms with E-state index >= 15 is 0 Å². The molecule has 2 atom stereocenters. The number of pyridine rings is 1.